The lowest BCUT2D eigenvalue weighted by atomic mass is 9.67. The average molecular weight is 981 g/mol. The summed E-state index contributed by atoms with van der Waals surface area (Å²) in [6.45, 7) is 42.5. The summed E-state index contributed by atoms with van der Waals surface area (Å²) < 4.78 is 12.9. The number of aryl methyl sites for hydroxylation is 2. The third-order valence-electron chi connectivity index (χ3n) is 15.1. The third kappa shape index (κ3) is 13.2. The first kappa shape index (κ1) is 57.5. The zero-order valence-corrected chi connectivity index (χ0v) is 47.6. The minimum absolute atomic E-state index is 0.0855. The molecule has 0 saturated carbocycles. The molecule has 0 aromatic heterocycles. The van der Waals surface area contributed by atoms with Crippen LogP contribution < -0.4 is 0 Å². The van der Waals surface area contributed by atoms with E-state index in [1.54, 1.807) is 6.07 Å². The van der Waals surface area contributed by atoms with Gasteiger partial charge in [-0.3, -0.25) is 14.5 Å². The number of benzene rings is 3. The highest BCUT2D eigenvalue weighted by molar-refractivity contribution is 5.91. The maximum absolute atomic E-state index is 14.7. The van der Waals surface area contributed by atoms with Gasteiger partial charge in [-0.1, -0.05) is 126 Å². The van der Waals surface area contributed by atoms with Gasteiger partial charge >= 0.3 is 17.9 Å². The van der Waals surface area contributed by atoms with Crippen molar-refractivity contribution in [2.45, 2.75) is 246 Å². The fourth-order valence-corrected chi connectivity index (χ4v) is 11.9. The molecule has 2 N–H and O–H groups in total. The Balaban J connectivity index is 1.44. The van der Waals surface area contributed by atoms with E-state index in [1.165, 1.54) is 0 Å². The van der Waals surface area contributed by atoms with E-state index < -0.39 is 22.6 Å². The van der Waals surface area contributed by atoms with Crippen molar-refractivity contribution in [3.63, 3.8) is 0 Å². The van der Waals surface area contributed by atoms with Crippen molar-refractivity contribution in [3.8, 4) is 11.5 Å². The molecule has 10 nitrogen and oxygen atoms in total. The van der Waals surface area contributed by atoms with E-state index in [0.717, 1.165) is 52.6 Å². The van der Waals surface area contributed by atoms with Crippen LogP contribution in [0.5, 0.6) is 11.5 Å². The van der Waals surface area contributed by atoms with Crippen molar-refractivity contribution >= 4 is 17.9 Å². The predicted molar refractivity (Wildman–Crippen MR) is 286 cm³/mol. The number of rotatable bonds is 13. The number of esters is 2. The molecule has 3 aromatic carbocycles. The van der Waals surface area contributed by atoms with Crippen LogP contribution >= 0.6 is 0 Å². The lowest BCUT2D eigenvalue weighted by Gasteiger charge is -2.59. The number of carbonyl (C=O) groups is 3. The van der Waals surface area contributed by atoms with Gasteiger partial charge in [0.25, 0.3) is 0 Å². The molecule has 0 unspecified atom stereocenters. The number of carbonyl (C=O) groups excluding carboxylic acids is 3. The average Bonchev–Trinajstić information content (AvgIpc) is 3.20. The van der Waals surface area contributed by atoms with Crippen LogP contribution in [0.4, 0.5) is 0 Å². The minimum Gasteiger partial charge on any atom is -0.507 e. The van der Waals surface area contributed by atoms with E-state index in [1.807, 2.05) is 47.5 Å². The Bertz CT molecular complexity index is 2330. The van der Waals surface area contributed by atoms with Crippen molar-refractivity contribution in [1.29, 1.82) is 0 Å². The lowest BCUT2D eigenvalue weighted by Crippen LogP contribution is -2.66. The Morgan fingerprint density at radius 2 is 0.972 bits per heavy atom. The van der Waals surface area contributed by atoms with Gasteiger partial charge in [0.05, 0.1) is 16.6 Å². The number of likely N-dealkylation sites (tertiary alicyclic amines) is 1. The van der Waals surface area contributed by atoms with Crippen LogP contribution in [0.2, 0.25) is 0 Å². The Kier molecular flexibility index (Phi) is 16.3. The topological polar surface area (TPSA) is 126 Å². The van der Waals surface area contributed by atoms with Gasteiger partial charge in [-0.25, -0.2) is 4.79 Å². The van der Waals surface area contributed by atoms with Crippen molar-refractivity contribution in [1.82, 2.24) is 9.96 Å². The molecular weight excluding hydrogens is 889 g/mol. The van der Waals surface area contributed by atoms with E-state index in [9.17, 15) is 24.6 Å². The Labute approximate surface area is 428 Å². The first-order valence-electron chi connectivity index (χ1n) is 26.2. The molecule has 0 amide bonds. The van der Waals surface area contributed by atoms with Gasteiger partial charge in [0, 0.05) is 48.9 Å². The van der Waals surface area contributed by atoms with E-state index in [0.29, 0.717) is 54.9 Å². The summed E-state index contributed by atoms with van der Waals surface area (Å²) in [6.07, 6.45) is 4.65. The van der Waals surface area contributed by atoms with Crippen molar-refractivity contribution in [2.75, 3.05) is 13.2 Å². The van der Waals surface area contributed by atoms with E-state index in [2.05, 4.69) is 143 Å². The van der Waals surface area contributed by atoms with E-state index >= 15 is 0 Å². The molecule has 2 fully saturated rings. The second-order valence-corrected chi connectivity index (χ2v) is 27.6. The number of phenolic OH excluding ortho intramolecular Hbond substituents is 2. The Hall–Kier alpha value is -4.41. The Morgan fingerprint density at radius 3 is 1.38 bits per heavy atom. The van der Waals surface area contributed by atoms with E-state index in [-0.39, 0.29) is 64.1 Å². The number of nitrogens with zero attached hydrogens (tertiary/aromatic N) is 2. The first-order valence-corrected chi connectivity index (χ1v) is 26.2. The molecule has 2 heterocycles. The number of hydroxylamine groups is 2. The van der Waals surface area contributed by atoms with Gasteiger partial charge in [-0.15, -0.1) is 5.06 Å². The minimum atomic E-state index is -1.25. The van der Waals surface area contributed by atoms with Gasteiger partial charge in [-0.2, -0.15) is 0 Å². The quantitative estimate of drug-likeness (QED) is 0.160. The summed E-state index contributed by atoms with van der Waals surface area (Å²) in [5.41, 5.74) is 1.79. The van der Waals surface area contributed by atoms with Crippen LogP contribution in [0, 0.1) is 0 Å². The predicted octanol–water partition coefficient (Wildman–Crippen LogP) is 13.6. The summed E-state index contributed by atoms with van der Waals surface area (Å²) in [5, 5.41) is 24.5. The maximum atomic E-state index is 14.7. The van der Waals surface area contributed by atoms with Crippen molar-refractivity contribution < 1.29 is 38.9 Å². The Morgan fingerprint density at radius 1 is 0.577 bits per heavy atom. The third-order valence-corrected chi connectivity index (χ3v) is 15.1. The van der Waals surface area contributed by atoms with Gasteiger partial charge < -0.3 is 24.5 Å². The zero-order chi connectivity index (χ0) is 53.7. The van der Waals surface area contributed by atoms with Crippen molar-refractivity contribution in [3.05, 3.63) is 93.0 Å². The monoisotopic (exact) mass is 981 g/mol. The second kappa shape index (κ2) is 20.1. The number of ether oxygens (including phenoxy) is 2. The first-order chi connectivity index (χ1) is 32.2. The maximum Gasteiger partial charge on any atom is 0.357 e. The molecule has 3 aromatic rings. The van der Waals surface area contributed by atoms with E-state index in [4.69, 9.17) is 14.3 Å². The number of piperidine rings is 2. The van der Waals surface area contributed by atoms with Gasteiger partial charge in [0.1, 0.15) is 23.7 Å². The molecule has 0 atom stereocenters. The molecule has 0 radical (unpaired) electrons. The summed E-state index contributed by atoms with van der Waals surface area (Å²) >= 11 is 0. The van der Waals surface area contributed by atoms with Crippen LogP contribution in [-0.4, -0.2) is 73.4 Å². The summed E-state index contributed by atoms with van der Waals surface area (Å²) in [6, 6.07) is 15.5. The summed E-state index contributed by atoms with van der Waals surface area (Å²) in [5.74, 6) is -0.571. The fraction of sp³-hybridized carbons (Fsp3) is 0.656. The molecule has 10 heteroatoms. The van der Waals surface area contributed by atoms with Crippen LogP contribution in [0.1, 0.15) is 233 Å². The normalized spacial score (nSPS) is 19.2. The molecule has 394 valence electrons. The molecule has 0 aliphatic carbocycles. The molecule has 2 aliphatic rings. The number of phenols is 2. The van der Waals surface area contributed by atoms with Gasteiger partial charge in [0.15, 0.2) is 0 Å². The standard InChI is InChI=1S/C61H92N2O8/c1-53(2,3)44-34-40(35-45(50(44)66)54(4,5)6)26-28-48(64)69-33-32-62-59(17,18)38-61(39-60(62,19)20,43-25-22-21-24-42(43)52(68)71-63-57(13,14)30-23-31-58(63,15)16)70-49(65)29-27-41-36-46(55(7,8)9)51(67)47(37-41)56(10,11)12/h21-22,24-25,34-37,66-67H,23,26-33,38-39H2,1-20H3. The van der Waals surface area contributed by atoms with Crippen molar-refractivity contribution in [2.24, 2.45) is 0 Å². The number of hydrogen-bond acceptors (Lipinski definition) is 10. The van der Waals surface area contributed by atoms with Crippen LogP contribution in [-0.2, 0) is 64.0 Å². The SMILES string of the molecule is CC(C)(C)c1cc(CCC(=O)OCCN2C(C)(C)CC(OC(=O)CCc3cc(C(C)(C)C)c(O)c(C(C)(C)C)c3)(c3ccccc3C(=O)ON3C(C)(C)CCCC3(C)C)CC2(C)C)cc(C(C)(C)C)c1O. The molecular formula is C61H92N2O8. The second-order valence-electron chi connectivity index (χ2n) is 27.6. The highest BCUT2D eigenvalue weighted by Gasteiger charge is 2.56. The molecule has 2 aliphatic heterocycles. The van der Waals surface area contributed by atoms with Crippen LogP contribution in [0.25, 0.3) is 0 Å². The van der Waals surface area contributed by atoms with Gasteiger partial charge in [0.2, 0.25) is 0 Å². The highest BCUT2D eigenvalue weighted by Crippen LogP contribution is 2.52. The highest BCUT2D eigenvalue weighted by atomic mass is 16.7. The fourth-order valence-electron chi connectivity index (χ4n) is 11.9. The molecule has 5 rings (SSSR count). The summed E-state index contributed by atoms with van der Waals surface area (Å²) in [7, 11) is 0. The smallest absolute Gasteiger partial charge is 0.357 e. The lowest BCUT2D eigenvalue weighted by molar-refractivity contribution is -0.241. The summed E-state index contributed by atoms with van der Waals surface area (Å²) in [4.78, 5) is 51.6. The van der Waals surface area contributed by atoms with Gasteiger partial charge in [-0.05, 0) is 149 Å². The number of hydrogen-bond donors (Lipinski definition) is 2. The molecule has 2 saturated heterocycles. The molecule has 0 bridgehead atoms. The molecule has 71 heavy (non-hydrogen) atoms. The van der Waals surface area contributed by atoms with Crippen LogP contribution in [0.3, 0.4) is 0 Å². The molecule has 0 spiro atoms. The largest absolute Gasteiger partial charge is 0.507 e. The van der Waals surface area contributed by atoms with Crippen LogP contribution in [0.15, 0.2) is 48.5 Å². The number of aromatic hydroxyl groups is 2. The zero-order valence-electron chi connectivity index (χ0n) is 47.6.